The largest absolute Gasteiger partial charge is 0.372 e. The number of aromatic nitrogens is 6. The van der Waals surface area contributed by atoms with Crippen LogP contribution in [0.15, 0.2) is 65.6 Å². The van der Waals surface area contributed by atoms with Crippen LogP contribution >= 0.6 is 11.6 Å². The van der Waals surface area contributed by atoms with Crippen molar-refractivity contribution in [1.29, 1.82) is 0 Å². The fraction of sp³-hybridized carbons (Fsp3) is 0.390. The molecule has 0 spiro atoms. The average Bonchev–Trinajstić information content (AvgIpc) is 3.73. The zero-order valence-corrected chi connectivity index (χ0v) is 34.9. The van der Waals surface area contributed by atoms with Crippen LogP contribution in [-0.4, -0.2) is 81.4 Å². The second-order valence-corrected chi connectivity index (χ2v) is 17.9. The highest BCUT2D eigenvalue weighted by molar-refractivity contribution is 7.92. The lowest BCUT2D eigenvalue weighted by Gasteiger charge is -2.37. The number of morpholine rings is 1. The Morgan fingerprint density at radius 1 is 1.00 bits per heavy atom. The van der Waals surface area contributed by atoms with Gasteiger partial charge in [-0.2, -0.15) is 10.2 Å². The average molecular weight is 884 g/mol. The summed E-state index contributed by atoms with van der Waals surface area (Å²) in [7, 11) is -4.02. The zero-order valence-electron chi connectivity index (χ0n) is 33.3. The van der Waals surface area contributed by atoms with Crippen molar-refractivity contribution in [2.45, 2.75) is 83.2 Å². The maximum atomic E-state index is 15.1. The van der Waals surface area contributed by atoms with Gasteiger partial charge in [-0.3, -0.25) is 28.2 Å². The molecule has 8 rings (SSSR count). The number of rotatable bonds is 13. The number of nitrogens with one attached hydrogen (secondary N) is 2. The minimum absolute atomic E-state index is 0.0760. The Labute approximate surface area is 352 Å². The number of halogens is 5. The molecule has 4 heterocycles. The molecule has 1 aliphatic carbocycles. The van der Waals surface area contributed by atoms with Crippen molar-refractivity contribution >= 4 is 60.8 Å². The molecule has 2 fully saturated rings. The summed E-state index contributed by atoms with van der Waals surface area (Å²) in [4.78, 5) is 36.2. The van der Waals surface area contributed by atoms with Crippen LogP contribution < -0.4 is 20.5 Å². The molecule has 322 valence electrons. The smallest absolute Gasteiger partial charge is 0.266 e. The van der Waals surface area contributed by atoms with E-state index in [1.807, 2.05) is 19.9 Å². The summed E-state index contributed by atoms with van der Waals surface area (Å²) in [6.45, 7) is 3.68. The Bertz CT molecular complexity index is 2800. The van der Waals surface area contributed by atoms with Crippen LogP contribution in [0.4, 0.5) is 29.1 Å². The first-order valence-corrected chi connectivity index (χ1v) is 22.0. The number of amides is 1. The Kier molecular flexibility index (Phi) is 11.6. The van der Waals surface area contributed by atoms with Crippen LogP contribution in [0.3, 0.4) is 0 Å². The van der Waals surface area contributed by atoms with Crippen LogP contribution in [0.2, 0.25) is 5.02 Å². The summed E-state index contributed by atoms with van der Waals surface area (Å²) < 4.78 is 94.4. The third-order valence-electron chi connectivity index (χ3n) is 10.8. The number of hydrogen-bond acceptors (Lipinski definition) is 9. The van der Waals surface area contributed by atoms with Crippen molar-refractivity contribution in [3.05, 3.63) is 105 Å². The maximum Gasteiger partial charge on any atom is 0.266 e. The lowest BCUT2D eigenvalue weighted by molar-refractivity contribution is -0.122. The molecular formula is C41H42ClF4N9O5S. The molecule has 3 atom stereocenters. The minimum atomic E-state index is -4.02. The van der Waals surface area contributed by atoms with Gasteiger partial charge in [0.05, 0.1) is 62.7 Å². The van der Waals surface area contributed by atoms with Gasteiger partial charge < -0.3 is 15.0 Å². The first kappa shape index (κ1) is 42.2. The molecule has 1 saturated heterocycles. The Hall–Kier alpha value is -5.53. The first-order valence-electron chi connectivity index (χ1n) is 19.7. The fourth-order valence-corrected chi connectivity index (χ4v) is 8.88. The lowest BCUT2D eigenvalue weighted by Crippen LogP contribution is -2.45. The molecule has 3 aromatic heterocycles. The van der Waals surface area contributed by atoms with Gasteiger partial charge in [0.15, 0.2) is 5.82 Å². The molecule has 2 N–H and O–H groups in total. The number of carbonyl (C=O) groups is 1. The lowest BCUT2D eigenvalue weighted by atomic mass is 9.83. The highest BCUT2D eigenvalue weighted by Gasteiger charge is 2.30. The van der Waals surface area contributed by atoms with E-state index >= 15 is 4.79 Å². The Balaban J connectivity index is 1.35. The highest BCUT2D eigenvalue weighted by Crippen LogP contribution is 2.37. The normalized spacial score (nSPS) is 17.9. The van der Waals surface area contributed by atoms with Crippen molar-refractivity contribution in [2.24, 2.45) is 0 Å². The monoisotopic (exact) mass is 883 g/mol. The van der Waals surface area contributed by atoms with Crippen LogP contribution in [0.25, 0.3) is 27.5 Å². The van der Waals surface area contributed by atoms with Gasteiger partial charge in [-0.25, -0.2) is 31.0 Å². The van der Waals surface area contributed by atoms with Crippen molar-refractivity contribution in [2.75, 3.05) is 29.0 Å². The molecule has 0 radical (unpaired) electrons. The first-order chi connectivity index (χ1) is 29.0. The second-order valence-electron chi connectivity index (χ2n) is 15.7. The fourth-order valence-electron chi connectivity index (χ4n) is 8.14. The zero-order chi connectivity index (χ0) is 43.3. The molecule has 1 saturated carbocycles. The number of benzene rings is 3. The van der Waals surface area contributed by atoms with Crippen molar-refractivity contribution in [3.8, 4) is 5.69 Å². The van der Waals surface area contributed by atoms with E-state index in [0.29, 0.717) is 25.1 Å². The second kappa shape index (κ2) is 16.7. The van der Waals surface area contributed by atoms with Gasteiger partial charge in [0.2, 0.25) is 15.9 Å². The Morgan fingerprint density at radius 3 is 2.38 bits per heavy atom. The van der Waals surface area contributed by atoms with Crippen molar-refractivity contribution < 1.29 is 35.5 Å². The highest BCUT2D eigenvalue weighted by atomic mass is 35.5. The van der Waals surface area contributed by atoms with Crippen molar-refractivity contribution in [3.63, 3.8) is 0 Å². The number of fused-ring (bicyclic) bond motifs is 2. The molecule has 6 aromatic rings. The summed E-state index contributed by atoms with van der Waals surface area (Å²) in [6.07, 6.45) is 2.12. The van der Waals surface area contributed by atoms with Gasteiger partial charge in [0, 0.05) is 43.4 Å². The quantitative estimate of drug-likeness (QED) is 0.124. The summed E-state index contributed by atoms with van der Waals surface area (Å²) in [5.41, 5.74) is 0.926. The van der Waals surface area contributed by atoms with Gasteiger partial charge in [0.1, 0.15) is 30.5 Å². The molecule has 0 unspecified atom stereocenters. The molecule has 1 amide bonds. The van der Waals surface area contributed by atoms with E-state index in [1.165, 1.54) is 16.8 Å². The number of alkyl halides is 2. The number of sulfonamides is 1. The predicted octanol–water partition coefficient (Wildman–Crippen LogP) is 6.48. The van der Waals surface area contributed by atoms with Crippen LogP contribution in [0.5, 0.6) is 0 Å². The van der Waals surface area contributed by atoms with Crippen molar-refractivity contribution in [1.82, 2.24) is 34.4 Å². The van der Waals surface area contributed by atoms with Crippen LogP contribution in [0, 0.1) is 11.6 Å². The van der Waals surface area contributed by atoms with Gasteiger partial charge in [0.25, 0.3) is 12.0 Å². The summed E-state index contributed by atoms with van der Waals surface area (Å²) in [5.74, 6) is -2.56. The van der Waals surface area contributed by atoms with E-state index in [4.69, 9.17) is 21.3 Å². The van der Waals surface area contributed by atoms with E-state index < -0.39 is 52.1 Å². The third kappa shape index (κ3) is 9.09. The van der Waals surface area contributed by atoms with E-state index in [2.05, 4.69) is 25.1 Å². The summed E-state index contributed by atoms with van der Waals surface area (Å²) in [5, 5.41) is 11.6. The molecule has 3 aromatic carbocycles. The van der Waals surface area contributed by atoms with E-state index in [1.54, 1.807) is 24.4 Å². The van der Waals surface area contributed by atoms with E-state index in [-0.39, 0.29) is 74.9 Å². The number of ether oxygens (including phenoxy) is 1. The predicted molar refractivity (Wildman–Crippen MR) is 222 cm³/mol. The molecule has 61 heavy (non-hydrogen) atoms. The minimum Gasteiger partial charge on any atom is -0.372 e. The van der Waals surface area contributed by atoms with E-state index in [9.17, 15) is 30.8 Å². The summed E-state index contributed by atoms with van der Waals surface area (Å²) >= 11 is 6.64. The molecule has 1 aliphatic heterocycles. The van der Waals surface area contributed by atoms with Crippen LogP contribution in [-0.2, 0) is 39.1 Å². The molecule has 2 aliphatic rings. The Morgan fingerprint density at radius 2 is 1.72 bits per heavy atom. The molecule has 20 heteroatoms. The maximum absolute atomic E-state index is 15.1. The molecular weight excluding hydrogens is 842 g/mol. The number of nitrogens with zero attached hydrogens (tertiary/aromatic N) is 7. The topological polar surface area (TPSA) is 158 Å². The SMILES string of the molecule is C[C@@H]1CN(c2ccc3c(=O)n(-c4ccc(Cl)c5c(NS(C)(=O)=O)nn(CC(F)F)c45)c([C@H](Cc4cc(F)cc(F)c4)NC(=O)Cn4ccc(C5CCC5)n4)nc3c2)C[C@H](C)O1. The van der Waals surface area contributed by atoms with Gasteiger partial charge in [-0.05, 0) is 80.8 Å². The number of carbonyl (C=O) groups excluding carboxylic acids is 1. The van der Waals surface area contributed by atoms with Gasteiger partial charge in [-0.1, -0.05) is 18.0 Å². The van der Waals surface area contributed by atoms with E-state index in [0.717, 1.165) is 58.3 Å². The standard InChI is InChI=1S/C41H42ClF4N9O5S/c1-22-18-52(19-23(2)60-22)28-7-8-29-32(17-28)48-40(55(41(29)57)34-10-9-30(42)37-38(34)54(20-35(45)46)50-39(37)51-61(3,58)59)33(15-24-13-26(43)16-27(44)14-24)47-36(56)21-53-12-11-31(49-53)25-5-4-6-25/h7-14,16-17,22-23,25,33,35H,4-6,15,18-21H2,1-3H3,(H,47,56)(H,50,51)/t22-,23+,33-/m0/s1. The molecule has 0 bridgehead atoms. The van der Waals surface area contributed by atoms with Crippen LogP contribution in [0.1, 0.15) is 62.2 Å². The number of anilines is 2. The molecule has 14 nitrogen and oxygen atoms in total. The van der Waals surface area contributed by atoms with Gasteiger partial charge >= 0.3 is 0 Å². The van der Waals surface area contributed by atoms with Gasteiger partial charge in [-0.15, -0.1) is 0 Å². The third-order valence-corrected chi connectivity index (χ3v) is 11.7. The summed E-state index contributed by atoms with van der Waals surface area (Å²) in [6, 6.07) is 11.2. The number of hydrogen-bond donors (Lipinski definition) is 2.